The molecule has 4 rings (SSSR count). The number of nitrogens with one attached hydrogen (secondary N) is 2. The first-order valence-corrected chi connectivity index (χ1v) is 10.9. The Labute approximate surface area is 204 Å². The van der Waals surface area contributed by atoms with Gasteiger partial charge in [-0.05, 0) is 41.5 Å². The predicted octanol–water partition coefficient (Wildman–Crippen LogP) is 5.41. The number of nitro groups is 1. The zero-order chi connectivity index (χ0) is 24.1. The Balaban J connectivity index is 1.59. The van der Waals surface area contributed by atoms with Crippen molar-refractivity contribution < 1.29 is 9.72 Å². The van der Waals surface area contributed by atoms with Crippen molar-refractivity contribution in [3.05, 3.63) is 110 Å². The summed E-state index contributed by atoms with van der Waals surface area (Å²) < 4.78 is 1.08. The highest BCUT2D eigenvalue weighted by atomic mass is 35.5. The summed E-state index contributed by atoms with van der Waals surface area (Å²) in [6.07, 6.45) is 0. The number of nitrogens with zero attached hydrogens (tertiary/aromatic N) is 4. The molecule has 0 spiro atoms. The highest BCUT2D eigenvalue weighted by Crippen LogP contribution is 2.19. The molecule has 1 heterocycles. The topological polar surface area (TPSA) is 115 Å². The molecule has 0 aliphatic rings. The van der Waals surface area contributed by atoms with Crippen LogP contribution in [0.5, 0.6) is 0 Å². The molecule has 0 saturated carbocycles. The summed E-state index contributed by atoms with van der Waals surface area (Å²) in [5, 5.41) is 22.8. The van der Waals surface area contributed by atoms with Gasteiger partial charge in [-0.3, -0.25) is 14.9 Å². The number of nitro benzene ring substituents is 1. The van der Waals surface area contributed by atoms with Gasteiger partial charge in [-0.15, -0.1) is 5.10 Å². The van der Waals surface area contributed by atoms with Crippen molar-refractivity contribution in [3.8, 4) is 0 Å². The Hall–Kier alpha value is -3.95. The smallest absolute Gasteiger partial charge is 0.281 e. The molecule has 2 N–H and O–H groups in total. The minimum absolute atomic E-state index is 0.109. The summed E-state index contributed by atoms with van der Waals surface area (Å²) in [5.41, 5.74) is 1.78. The molecule has 172 valence electrons. The molecule has 3 aromatic carbocycles. The quantitative estimate of drug-likeness (QED) is 0.247. The number of hydrogen-bond donors (Lipinski definition) is 2. The van der Waals surface area contributed by atoms with E-state index in [1.165, 1.54) is 24.3 Å². The maximum atomic E-state index is 13.2. The summed E-state index contributed by atoms with van der Waals surface area (Å²) in [7, 11) is 0. The number of hydrogen-bond acceptors (Lipinski definition) is 7. The minimum atomic E-state index is -0.561. The van der Waals surface area contributed by atoms with Crippen LogP contribution < -0.4 is 10.6 Å². The summed E-state index contributed by atoms with van der Waals surface area (Å²) in [6.45, 7) is 0.761. The molecule has 1 aromatic heterocycles. The average molecular weight is 497 g/mol. The van der Waals surface area contributed by atoms with E-state index in [1.54, 1.807) is 24.3 Å². The van der Waals surface area contributed by atoms with E-state index in [0.29, 0.717) is 23.1 Å². The van der Waals surface area contributed by atoms with Gasteiger partial charge in [0.25, 0.3) is 11.6 Å². The van der Waals surface area contributed by atoms with Crippen molar-refractivity contribution >= 4 is 46.7 Å². The van der Waals surface area contributed by atoms with E-state index in [2.05, 4.69) is 20.7 Å². The van der Waals surface area contributed by atoms with Gasteiger partial charge in [-0.1, -0.05) is 53.5 Å². The average Bonchev–Trinajstić information content (AvgIpc) is 3.26. The van der Waals surface area contributed by atoms with Crippen LogP contribution in [0.15, 0.2) is 72.8 Å². The van der Waals surface area contributed by atoms with Crippen molar-refractivity contribution in [2.75, 3.05) is 10.6 Å². The molecular weight excluding hydrogens is 479 g/mol. The van der Waals surface area contributed by atoms with Crippen molar-refractivity contribution in [3.63, 3.8) is 0 Å². The van der Waals surface area contributed by atoms with Crippen LogP contribution in [0.3, 0.4) is 0 Å². The molecule has 4 aromatic rings. The Morgan fingerprint density at radius 2 is 1.50 bits per heavy atom. The fourth-order valence-corrected chi connectivity index (χ4v) is 3.34. The number of aromatic nitrogens is 3. The second kappa shape index (κ2) is 10.3. The molecule has 0 fully saturated rings. The van der Waals surface area contributed by atoms with Crippen LogP contribution in [0.4, 0.5) is 17.6 Å². The molecule has 0 bridgehead atoms. The van der Waals surface area contributed by atoms with Gasteiger partial charge < -0.3 is 10.6 Å². The van der Waals surface area contributed by atoms with E-state index in [1.807, 2.05) is 24.3 Å². The van der Waals surface area contributed by atoms with Gasteiger partial charge in [0, 0.05) is 40.8 Å². The Morgan fingerprint density at radius 1 is 0.912 bits per heavy atom. The number of carbonyl (C=O) groups excluding carboxylic acids is 1. The SMILES string of the molecule is O=C(c1cccc([N+](=O)[O-])c1)n1nc(NCc2ccc(Cl)cc2)nc1NCc1ccc(Cl)cc1. The number of anilines is 2. The van der Waals surface area contributed by atoms with E-state index in [9.17, 15) is 14.9 Å². The lowest BCUT2D eigenvalue weighted by molar-refractivity contribution is -0.384. The lowest BCUT2D eigenvalue weighted by Crippen LogP contribution is -2.18. The first kappa shape index (κ1) is 23.2. The van der Waals surface area contributed by atoms with E-state index in [4.69, 9.17) is 23.2 Å². The van der Waals surface area contributed by atoms with Gasteiger partial charge in [0.2, 0.25) is 11.9 Å². The lowest BCUT2D eigenvalue weighted by Gasteiger charge is -2.07. The zero-order valence-corrected chi connectivity index (χ0v) is 19.1. The van der Waals surface area contributed by atoms with E-state index in [-0.39, 0.29) is 23.1 Å². The lowest BCUT2D eigenvalue weighted by atomic mass is 10.2. The summed E-state index contributed by atoms with van der Waals surface area (Å²) in [6, 6.07) is 19.9. The zero-order valence-electron chi connectivity index (χ0n) is 17.6. The van der Waals surface area contributed by atoms with Crippen molar-refractivity contribution in [1.29, 1.82) is 0 Å². The predicted molar refractivity (Wildman–Crippen MR) is 130 cm³/mol. The van der Waals surface area contributed by atoms with Crippen LogP contribution in [-0.2, 0) is 13.1 Å². The van der Waals surface area contributed by atoms with Crippen LogP contribution in [0.1, 0.15) is 21.5 Å². The number of benzene rings is 3. The fraction of sp³-hybridized carbons (Fsp3) is 0.0870. The minimum Gasteiger partial charge on any atom is -0.350 e. The summed E-state index contributed by atoms with van der Waals surface area (Å²) in [4.78, 5) is 28.1. The largest absolute Gasteiger partial charge is 0.350 e. The maximum absolute atomic E-state index is 13.2. The third kappa shape index (κ3) is 5.69. The molecule has 0 aliphatic heterocycles. The third-order valence-corrected chi connectivity index (χ3v) is 5.34. The van der Waals surface area contributed by atoms with Gasteiger partial charge >= 0.3 is 0 Å². The first-order chi connectivity index (χ1) is 16.4. The van der Waals surface area contributed by atoms with E-state index in [0.717, 1.165) is 15.8 Å². The first-order valence-electron chi connectivity index (χ1n) is 10.1. The third-order valence-electron chi connectivity index (χ3n) is 4.83. The van der Waals surface area contributed by atoms with Gasteiger partial charge in [0.15, 0.2) is 0 Å². The Morgan fingerprint density at radius 3 is 2.09 bits per heavy atom. The van der Waals surface area contributed by atoms with Crippen LogP contribution in [0.2, 0.25) is 10.0 Å². The highest BCUT2D eigenvalue weighted by molar-refractivity contribution is 6.30. The number of non-ortho nitro benzene ring substituents is 1. The van der Waals surface area contributed by atoms with Gasteiger partial charge in [0.1, 0.15) is 0 Å². The van der Waals surface area contributed by atoms with Crippen molar-refractivity contribution in [2.24, 2.45) is 0 Å². The van der Waals surface area contributed by atoms with Crippen LogP contribution >= 0.6 is 23.2 Å². The second-order valence-electron chi connectivity index (χ2n) is 7.24. The van der Waals surface area contributed by atoms with Gasteiger partial charge in [-0.2, -0.15) is 9.67 Å². The normalized spacial score (nSPS) is 10.6. The van der Waals surface area contributed by atoms with Gasteiger partial charge in [0.05, 0.1) is 4.92 Å². The molecule has 0 amide bonds. The molecule has 0 unspecified atom stereocenters. The number of carbonyl (C=O) groups is 1. The maximum Gasteiger partial charge on any atom is 0.281 e. The molecule has 34 heavy (non-hydrogen) atoms. The van der Waals surface area contributed by atoms with E-state index >= 15 is 0 Å². The molecule has 0 atom stereocenters. The van der Waals surface area contributed by atoms with Crippen LogP contribution in [-0.4, -0.2) is 25.6 Å². The number of halogens is 2. The summed E-state index contributed by atoms with van der Waals surface area (Å²) in [5.74, 6) is -0.160. The summed E-state index contributed by atoms with van der Waals surface area (Å²) >= 11 is 11.9. The Bertz CT molecular complexity index is 1320. The standard InChI is InChI=1S/C23H18Cl2N6O3/c24-18-8-4-15(5-9-18)13-26-22-28-23(27-14-16-6-10-19(25)11-7-16)30(29-22)21(32)17-2-1-3-20(12-17)31(33)34/h1-12H,13-14H2,(H2,26,27,28,29). The monoisotopic (exact) mass is 496 g/mol. The molecule has 9 nitrogen and oxygen atoms in total. The van der Waals surface area contributed by atoms with Crippen molar-refractivity contribution in [2.45, 2.75) is 13.1 Å². The highest BCUT2D eigenvalue weighted by Gasteiger charge is 2.20. The molecule has 0 radical (unpaired) electrons. The molecule has 0 aliphatic carbocycles. The molecule has 11 heteroatoms. The molecule has 0 saturated heterocycles. The second-order valence-corrected chi connectivity index (χ2v) is 8.12. The van der Waals surface area contributed by atoms with Crippen molar-refractivity contribution in [1.82, 2.24) is 14.8 Å². The molecular formula is C23H18Cl2N6O3. The van der Waals surface area contributed by atoms with Gasteiger partial charge in [-0.25, -0.2) is 0 Å². The van der Waals surface area contributed by atoms with Crippen LogP contribution in [0, 0.1) is 10.1 Å². The number of rotatable bonds is 8. The van der Waals surface area contributed by atoms with E-state index < -0.39 is 10.8 Å². The fourth-order valence-electron chi connectivity index (χ4n) is 3.08. The van der Waals surface area contributed by atoms with Crippen LogP contribution in [0.25, 0.3) is 0 Å². The Kier molecular flexibility index (Phi) is 7.05.